The predicted molar refractivity (Wildman–Crippen MR) is 73.5 cm³/mol. The molecule has 0 saturated heterocycles. The van der Waals surface area contributed by atoms with Gasteiger partial charge in [0.15, 0.2) is 0 Å². The fourth-order valence-electron chi connectivity index (χ4n) is 2.09. The minimum atomic E-state index is 1.19. The zero-order valence-electron chi connectivity index (χ0n) is 9.83. The van der Waals surface area contributed by atoms with Gasteiger partial charge in [0, 0.05) is 0 Å². The Morgan fingerprint density at radius 3 is 2.56 bits per heavy atom. The summed E-state index contributed by atoms with van der Waals surface area (Å²) in [7, 11) is 0. The van der Waals surface area contributed by atoms with Crippen molar-refractivity contribution in [2.75, 3.05) is 0 Å². The van der Waals surface area contributed by atoms with Gasteiger partial charge in [0.05, 0.1) is 0 Å². The molecule has 0 aromatic heterocycles. The van der Waals surface area contributed by atoms with Crippen molar-refractivity contribution < 1.29 is 0 Å². The average molecular weight is 208 g/mol. The van der Waals surface area contributed by atoms with Crippen LogP contribution in [0.4, 0.5) is 0 Å². The molecule has 16 heavy (non-hydrogen) atoms. The van der Waals surface area contributed by atoms with Gasteiger partial charge >= 0.3 is 0 Å². The molecule has 2 aromatic carbocycles. The Bertz CT molecular complexity index is 560. The van der Waals surface area contributed by atoms with Crippen LogP contribution in [0.2, 0.25) is 0 Å². The molecule has 0 atom stereocenters. The van der Waals surface area contributed by atoms with E-state index in [0.717, 1.165) is 0 Å². The maximum Gasteiger partial charge on any atom is -0.0103 e. The first kappa shape index (κ1) is 10.7. The van der Waals surface area contributed by atoms with Crippen LogP contribution in [-0.4, -0.2) is 0 Å². The van der Waals surface area contributed by atoms with Crippen LogP contribution in [0.1, 0.15) is 23.6 Å². The number of hydrogen-bond donors (Lipinski definition) is 0. The summed E-state index contributed by atoms with van der Waals surface area (Å²) in [4.78, 5) is 0. The highest BCUT2D eigenvalue weighted by Gasteiger charge is 2.03. The van der Waals surface area contributed by atoms with Crippen LogP contribution in [0.3, 0.4) is 0 Å². The molecule has 0 radical (unpaired) electrons. The van der Waals surface area contributed by atoms with Gasteiger partial charge in [-0.05, 0) is 41.3 Å². The third-order valence-corrected chi connectivity index (χ3v) is 2.91. The lowest BCUT2D eigenvalue weighted by atomic mass is 9.96. The van der Waals surface area contributed by atoms with Gasteiger partial charge < -0.3 is 0 Å². The molecule has 0 unspecified atom stereocenters. The zero-order valence-corrected chi connectivity index (χ0v) is 9.83. The quantitative estimate of drug-likeness (QED) is 0.663. The van der Waals surface area contributed by atoms with E-state index in [0.29, 0.717) is 0 Å². The fraction of sp³-hybridized carbons (Fsp3) is 0.125. The molecule has 0 aliphatic carbocycles. The van der Waals surface area contributed by atoms with Gasteiger partial charge in [0.25, 0.3) is 0 Å². The first-order valence-electron chi connectivity index (χ1n) is 5.55. The van der Waals surface area contributed by atoms with E-state index in [9.17, 15) is 0 Å². The zero-order chi connectivity index (χ0) is 11.5. The smallest absolute Gasteiger partial charge is 0.0103 e. The van der Waals surface area contributed by atoms with Gasteiger partial charge in [0.2, 0.25) is 0 Å². The van der Waals surface area contributed by atoms with Gasteiger partial charge in [-0.2, -0.15) is 0 Å². The van der Waals surface area contributed by atoms with Crippen molar-refractivity contribution in [3.8, 4) is 0 Å². The summed E-state index contributed by atoms with van der Waals surface area (Å²) in [6.07, 6.45) is 6.14. The van der Waals surface area contributed by atoms with E-state index < -0.39 is 0 Å². The lowest BCUT2D eigenvalue weighted by Crippen LogP contribution is -1.86. The number of hydrogen-bond acceptors (Lipinski definition) is 0. The second-order valence-electron chi connectivity index (χ2n) is 3.94. The second kappa shape index (κ2) is 4.36. The topological polar surface area (TPSA) is 0 Å². The van der Waals surface area contributed by atoms with Crippen LogP contribution >= 0.6 is 0 Å². The normalized spacial score (nSPS) is 11.1. The maximum absolute atomic E-state index is 3.87. The van der Waals surface area contributed by atoms with E-state index in [2.05, 4.69) is 56.0 Å². The number of fused-ring (bicyclic) bond motifs is 1. The highest BCUT2D eigenvalue weighted by atomic mass is 14.1. The maximum atomic E-state index is 3.87. The Balaban J connectivity index is 2.89. The molecule has 80 valence electrons. The van der Waals surface area contributed by atoms with E-state index in [1.54, 1.807) is 0 Å². The van der Waals surface area contributed by atoms with Gasteiger partial charge in [-0.1, -0.05) is 55.1 Å². The van der Waals surface area contributed by atoms with Crippen molar-refractivity contribution in [1.82, 2.24) is 0 Å². The molecule has 2 rings (SSSR count). The number of aryl methyl sites for hydroxylation is 1. The van der Waals surface area contributed by atoms with Crippen LogP contribution in [0.25, 0.3) is 22.9 Å². The summed E-state index contributed by atoms with van der Waals surface area (Å²) in [6.45, 7) is 8.06. The molecular weight excluding hydrogens is 192 g/mol. The molecular formula is C16H16. The van der Waals surface area contributed by atoms with E-state index >= 15 is 0 Å². The molecule has 0 N–H and O–H groups in total. The molecule has 0 aliphatic rings. The summed E-state index contributed by atoms with van der Waals surface area (Å²) in [5.74, 6) is 0. The molecule has 0 bridgehead atoms. The highest BCUT2D eigenvalue weighted by Crippen LogP contribution is 2.26. The standard InChI is InChI=1S/C16H16/c1-4-7-15-13(5-2)10-11-14-12(3)8-6-9-16(14)15/h4-11H,2H2,1,3H3/b7-4-. The Labute approximate surface area is 96.9 Å². The van der Waals surface area contributed by atoms with Crippen LogP contribution in [-0.2, 0) is 0 Å². The van der Waals surface area contributed by atoms with E-state index in [-0.39, 0.29) is 0 Å². The van der Waals surface area contributed by atoms with E-state index in [1.807, 2.05) is 13.0 Å². The SMILES string of the molecule is C=Cc1ccc2c(C)cccc2c1/C=C\C. The third kappa shape index (κ3) is 1.67. The number of benzene rings is 2. The average Bonchev–Trinajstić information content (AvgIpc) is 2.30. The highest BCUT2D eigenvalue weighted by molar-refractivity contribution is 5.95. The first-order valence-corrected chi connectivity index (χ1v) is 5.55. The minimum Gasteiger partial charge on any atom is -0.0984 e. The largest absolute Gasteiger partial charge is 0.0984 e. The van der Waals surface area contributed by atoms with Crippen LogP contribution in [0, 0.1) is 6.92 Å². The van der Waals surface area contributed by atoms with Crippen molar-refractivity contribution in [3.05, 3.63) is 59.7 Å². The lowest BCUT2D eigenvalue weighted by Gasteiger charge is -2.08. The van der Waals surface area contributed by atoms with Gasteiger partial charge in [-0.25, -0.2) is 0 Å². The van der Waals surface area contributed by atoms with Crippen molar-refractivity contribution in [3.63, 3.8) is 0 Å². The Kier molecular flexibility index (Phi) is 2.91. The Morgan fingerprint density at radius 1 is 1.06 bits per heavy atom. The summed E-state index contributed by atoms with van der Waals surface area (Å²) in [5, 5.41) is 2.62. The monoisotopic (exact) mass is 208 g/mol. The summed E-state index contributed by atoms with van der Waals surface area (Å²) < 4.78 is 0. The Hall–Kier alpha value is -1.82. The van der Waals surface area contributed by atoms with Crippen molar-refractivity contribution >= 4 is 22.9 Å². The molecule has 0 heteroatoms. The number of rotatable bonds is 2. The van der Waals surface area contributed by atoms with Gasteiger partial charge in [0.1, 0.15) is 0 Å². The first-order chi connectivity index (χ1) is 7.77. The van der Waals surface area contributed by atoms with Crippen LogP contribution < -0.4 is 0 Å². The molecule has 0 fully saturated rings. The predicted octanol–water partition coefficient (Wildman–Crippen LogP) is 4.82. The van der Waals surface area contributed by atoms with Crippen LogP contribution in [0.5, 0.6) is 0 Å². The van der Waals surface area contributed by atoms with Crippen molar-refractivity contribution in [1.29, 1.82) is 0 Å². The van der Waals surface area contributed by atoms with Gasteiger partial charge in [-0.15, -0.1) is 0 Å². The molecule has 2 aromatic rings. The second-order valence-corrected chi connectivity index (χ2v) is 3.94. The van der Waals surface area contributed by atoms with Gasteiger partial charge in [-0.3, -0.25) is 0 Å². The summed E-state index contributed by atoms with van der Waals surface area (Å²) >= 11 is 0. The minimum absolute atomic E-state index is 1.19. The summed E-state index contributed by atoms with van der Waals surface area (Å²) in [5.41, 5.74) is 3.77. The fourth-order valence-corrected chi connectivity index (χ4v) is 2.09. The molecule has 0 spiro atoms. The molecule has 0 heterocycles. The van der Waals surface area contributed by atoms with Crippen molar-refractivity contribution in [2.24, 2.45) is 0 Å². The van der Waals surface area contributed by atoms with E-state index in [1.165, 1.54) is 27.5 Å². The summed E-state index contributed by atoms with van der Waals surface area (Å²) in [6, 6.07) is 10.7. The third-order valence-electron chi connectivity index (χ3n) is 2.91. The molecule has 0 amide bonds. The molecule has 0 saturated carbocycles. The van der Waals surface area contributed by atoms with Crippen LogP contribution in [0.15, 0.2) is 43.0 Å². The number of allylic oxidation sites excluding steroid dienone is 1. The Morgan fingerprint density at radius 2 is 1.88 bits per heavy atom. The van der Waals surface area contributed by atoms with E-state index in [4.69, 9.17) is 0 Å². The lowest BCUT2D eigenvalue weighted by molar-refractivity contribution is 1.52. The molecule has 0 nitrogen and oxygen atoms in total. The molecule has 0 aliphatic heterocycles. The van der Waals surface area contributed by atoms with Crippen molar-refractivity contribution in [2.45, 2.75) is 13.8 Å².